The van der Waals surface area contributed by atoms with Gasteiger partial charge in [-0.1, -0.05) is 18.2 Å². The number of hydrogen-bond donors (Lipinski definition) is 1. The minimum Gasteiger partial charge on any atom is -0.493 e. The van der Waals surface area contributed by atoms with E-state index in [0.717, 1.165) is 11.3 Å². The summed E-state index contributed by atoms with van der Waals surface area (Å²) in [6.45, 7) is 2.21. The van der Waals surface area contributed by atoms with Crippen LogP contribution >= 0.6 is 0 Å². The predicted molar refractivity (Wildman–Crippen MR) is 74.3 cm³/mol. The average molecular weight is 256 g/mol. The van der Waals surface area contributed by atoms with Crippen molar-refractivity contribution < 1.29 is 9.53 Å². The van der Waals surface area contributed by atoms with E-state index < -0.39 is 0 Å². The number of carbonyl (C=O) groups is 1. The van der Waals surface area contributed by atoms with Crippen LogP contribution in [0.5, 0.6) is 5.75 Å². The summed E-state index contributed by atoms with van der Waals surface area (Å²) >= 11 is 0. The summed E-state index contributed by atoms with van der Waals surface area (Å²) < 4.78 is 5.49. The molecule has 0 amide bonds. The lowest BCUT2D eigenvalue weighted by Gasteiger charge is -2.07. The van der Waals surface area contributed by atoms with Crippen molar-refractivity contribution in [2.24, 2.45) is 0 Å². The molecule has 0 saturated heterocycles. The Labute approximate surface area is 112 Å². The largest absolute Gasteiger partial charge is 0.493 e. The molecular formula is C15H16N2O2. The topological polar surface area (TPSA) is 65.2 Å². The highest BCUT2D eigenvalue weighted by atomic mass is 16.5. The fraction of sp³-hybridized carbons (Fsp3) is 0.200. The number of carbonyl (C=O) groups excluding carboxylic acids is 1. The van der Waals surface area contributed by atoms with Crippen LogP contribution < -0.4 is 10.5 Å². The van der Waals surface area contributed by atoms with Crippen molar-refractivity contribution in [3.63, 3.8) is 0 Å². The number of aryl methyl sites for hydroxylation is 1. The molecule has 4 heteroatoms. The van der Waals surface area contributed by atoms with Gasteiger partial charge in [-0.25, -0.2) is 4.98 Å². The summed E-state index contributed by atoms with van der Waals surface area (Å²) in [4.78, 5) is 16.0. The minimum absolute atomic E-state index is 0.0513. The van der Waals surface area contributed by atoms with Crippen LogP contribution in [0.4, 0.5) is 5.82 Å². The van der Waals surface area contributed by atoms with Gasteiger partial charge in [0.2, 0.25) is 0 Å². The Bertz CT molecular complexity index is 568. The number of nitrogen functional groups attached to an aromatic ring is 1. The summed E-state index contributed by atoms with van der Waals surface area (Å²) in [5.41, 5.74) is 7.09. The summed E-state index contributed by atoms with van der Waals surface area (Å²) in [5.74, 6) is 0.977. The maximum Gasteiger partial charge on any atom is 0.169 e. The lowest BCUT2D eigenvalue weighted by molar-refractivity contribution is 0.0962. The molecule has 2 N–H and O–H groups in total. The first-order valence-corrected chi connectivity index (χ1v) is 6.10. The fourth-order valence-electron chi connectivity index (χ4n) is 1.72. The highest BCUT2D eigenvalue weighted by Gasteiger charge is 2.11. The number of pyridine rings is 1. The van der Waals surface area contributed by atoms with Crippen LogP contribution in [0.3, 0.4) is 0 Å². The van der Waals surface area contributed by atoms with E-state index in [-0.39, 0.29) is 18.0 Å². The van der Waals surface area contributed by atoms with E-state index in [1.165, 1.54) is 0 Å². The molecule has 0 saturated carbocycles. The molecule has 1 heterocycles. The standard InChI is InChI=1S/C15H16N2O2/c1-11-9-13(15(16)17-10-11)14(18)7-8-19-12-5-3-2-4-6-12/h2-6,9-10H,7-8H2,1H3,(H2,16,17). The smallest absolute Gasteiger partial charge is 0.169 e. The Balaban J connectivity index is 1.93. The zero-order valence-electron chi connectivity index (χ0n) is 10.8. The Kier molecular flexibility index (Phi) is 4.13. The van der Waals surface area contributed by atoms with Gasteiger partial charge in [-0.05, 0) is 30.7 Å². The number of anilines is 1. The Hall–Kier alpha value is -2.36. The Morgan fingerprint density at radius 1 is 1.32 bits per heavy atom. The molecule has 0 atom stereocenters. The molecule has 98 valence electrons. The van der Waals surface area contributed by atoms with Crippen molar-refractivity contribution >= 4 is 11.6 Å². The maximum atomic E-state index is 12.0. The van der Waals surface area contributed by atoms with E-state index in [1.807, 2.05) is 37.3 Å². The second-order valence-electron chi connectivity index (χ2n) is 4.28. The number of ketones is 1. The van der Waals surface area contributed by atoms with Gasteiger partial charge < -0.3 is 10.5 Å². The first-order chi connectivity index (χ1) is 9.16. The van der Waals surface area contributed by atoms with E-state index >= 15 is 0 Å². The Morgan fingerprint density at radius 2 is 2.05 bits per heavy atom. The van der Waals surface area contributed by atoms with Gasteiger partial charge in [-0.2, -0.15) is 0 Å². The van der Waals surface area contributed by atoms with E-state index in [4.69, 9.17) is 10.5 Å². The zero-order valence-corrected chi connectivity index (χ0v) is 10.8. The number of hydrogen-bond acceptors (Lipinski definition) is 4. The molecule has 0 aliphatic carbocycles. The third kappa shape index (κ3) is 3.55. The summed E-state index contributed by atoms with van der Waals surface area (Å²) in [7, 11) is 0. The summed E-state index contributed by atoms with van der Waals surface area (Å²) in [6.07, 6.45) is 1.93. The van der Waals surface area contributed by atoms with Crippen LogP contribution in [0.25, 0.3) is 0 Å². The number of nitrogens with two attached hydrogens (primary N) is 1. The molecule has 1 aromatic carbocycles. The van der Waals surface area contributed by atoms with Crippen LogP contribution in [0.1, 0.15) is 22.3 Å². The fourth-order valence-corrected chi connectivity index (χ4v) is 1.72. The number of aromatic nitrogens is 1. The van der Waals surface area contributed by atoms with Crippen LogP contribution in [0, 0.1) is 6.92 Å². The second kappa shape index (κ2) is 6.00. The molecule has 0 spiro atoms. The SMILES string of the molecule is Cc1cnc(N)c(C(=O)CCOc2ccccc2)c1. The normalized spacial score (nSPS) is 10.2. The molecule has 2 aromatic rings. The third-order valence-corrected chi connectivity index (χ3v) is 2.70. The van der Waals surface area contributed by atoms with E-state index in [2.05, 4.69) is 4.98 Å². The monoisotopic (exact) mass is 256 g/mol. The Morgan fingerprint density at radius 3 is 2.79 bits per heavy atom. The molecule has 19 heavy (non-hydrogen) atoms. The summed E-state index contributed by atoms with van der Waals surface area (Å²) in [6, 6.07) is 11.2. The van der Waals surface area contributed by atoms with Crippen molar-refractivity contribution in [2.45, 2.75) is 13.3 Å². The van der Waals surface area contributed by atoms with Gasteiger partial charge in [-0.3, -0.25) is 4.79 Å². The lowest BCUT2D eigenvalue weighted by Crippen LogP contribution is -2.10. The summed E-state index contributed by atoms with van der Waals surface area (Å²) in [5, 5.41) is 0. The molecule has 4 nitrogen and oxygen atoms in total. The first kappa shape index (κ1) is 13.1. The highest BCUT2D eigenvalue weighted by molar-refractivity contribution is 6.00. The molecule has 2 rings (SSSR count). The quantitative estimate of drug-likeness (QED) is 0.835. The first-order valence-electron chi connectivity index (χ1n) is 6.10. The van der Waals surface area contributed by atoms with Gasteiger partial charge in [0, 0.05) is 12.6 Å². The third-order valence-electron chi connectivity index (χ3n) is 2.70. The second-order valence-corrected chi connectivity index (χ2v) is 4.28. The van der Waals surface area contributed by atoms with Gasteiger partial charge in [-0.15, -0.1) is 0 Å². The molecule has 0 fully saturated rings. The number of Topliss-reactive ketones (excluding diaryl/α,β-unsaturated/α-hetero) is 1. The van der Waals surface area contributed by atoms with Gasteiger partial charge in [0.05, 0.1) is 12.2 Å². The molecular weight excluding hydrogens is 240 g/mol. The molecule has 0 bridgehead atoms. The lowest BCUT2D eigenvalue weighted by atomic mass is 10.1. The van der Waals surface area contributed by atoms with Gasteiger partial charge in [0.15, 0.2) is 5.78 Å². The van der Waals surface area contributed by atoms with Crippen molar-refractivity contribution in [2.75, 3.05) is 12.3 Å². The van der Waals surface area contributed by atoms with Gasteiger partial charge in [0.1, 0.15) is 11.6 Å². The highest BCUT2D eigenvalue weighted by Crippen LogP contribution is 2.14. The van der Waals surface area contributed by atoms with Crippen molar-refractivity contribution in [1.29, 1.82) is 0 Å². The average Bonchev–Trinajstić information content (AvgIpc) is 2.42. The molecule has 1 aromatic heterocycles. The van der Waals surface area contributed by atoms with Crippen LogP contribution in [-0.2, 0) is 0 Å². The molecule has 0 radical (unpaired) electrons. The zero-order chi connectivity index (χ0) is 13.7. The number of rotatable bonds is 5. The number of ether oxygens (including phenoxy) is 1. The maximum absolute atomic E-state index is 12.0. The number of nitrogens with zero attached hydrogens (tertiary/aromatic N) is 1. The van der Waals surface area contributed by atoms with E-state index in [0.29, 0.717) is 12.2 Å². The molecule has 0 aliphatic heterocycles. The molecule has 0 unspecified atom stereocenters. The minimum atomic E-state index is -0.0513. The predicted octanol–water partition coefficient (Wildman–Crippen LogP) is 2.62. The van der Waals surface area contributed by atoms with Crippen molar-refractivity contribution in [3.05, 3.63) is 53.7 Å². The van der Waals surface area contributed by atoms with Crippen LogP contribution in [0.2, 0.25) is 0 Å². The van der Waals surface area contributed by atoms with E-state index in [9.17, 15) is 4.79 Å². The number of para-hydroxylation sites is 1. The molecule has 0 aliphatic rings. The van der Waals surface area contributed by atoms with Gasteiger partial charge in [0.25, 0.3) is 0 Å². The van der Waals surface area contributed by atoms with Crippen molar-refractivity contribution in [3.8, 4) is 5.75 Å². The van der Waals surface area contributed by atoms with Crippen molar-refractivity contribution in [1.82, 2.24) is 4.98 Å². The van der Waals surface area contributed by atoms with Gasteiger partial charge >= 0.3 is 0 Å². The van der Waals surface area contributed by atoms with E-state index in [1.54, 1.807) is 12.3 Å². The number of benzene rings is 1. The van der Waals surface area contributed by atoms with Crippen LogP contribution in [0.15, 0.2) is 42.6 Å². The van der Waals surface area contributed by atoms with Crippen LogP contribution in [-0.4, -0.2) is 17.4 Å².